The molecule has 0 saturated carbocycles. The Labute approximate surface area is 143 Å². The molecule has 0 unspecified atom stereocenters. The Morgan fingerprint density at radius 2 is 2.12 bits per heavy atom. The number of fused-ring (bicyclic) bond motifs is 3. The van der Waals surface area contributed by atoms with Gasteiger partial charge >= 0.3 is 5.97 Å². The van der Waals surface area contributed by atoms with Crippen molar-refractivity contribution < 1.29 is 23.3 Å². The number of carbonyl (C=O) groups is 1. The normalized spacial score (nSPS) is 36.4. The van der Waals surface area contributed by atoms with Gasteiger partial charge in [0.1, 0.15) is 0 Å². The van der Waals surface area contributed by atoms with E-state index < -0.39 is 33.9 Å². The SMILES string of the molecule is CCO[C@@H]1OC(=O)[C@]2([S@@](=O)c3ccc(C)cc3)[C@H]1ON1CCC[C@@H]12. The van der Waals surface area contributed by atoms with Crippen LogP contribution in [0.5, 0.6) is 0 Å². The quantitative estimate of drug-likeness (QED) is 0.767. The molecule has 5 atom stereocenters. The second kappa shape index (κ2) is 5.91. The second-order valence-corrected chi connectivity index (χ2v) is 8.11. The van der Waals surface area contributed by atoms with Crippen LogP contribution in [0, 0.1) is 6.92 Å². The largest absolute Gasteiger partial charge is 0.431 e. The molecule has 3 saturated heterocycles. The van der Waals surface area contributed by atoms with Gasteiger partial charge in [-0.15, -0.1) is 0 Å². The summed E-state index contributed by atoms with van der Waals surface area (Å²) in [6.07, 6.45) is 0.207. The first-order chi connectivity index (χ1) is 11.6. The summed E-state index contributed by atoms with van der Waals surface area (Å²) in [5.74, 6) is -0.473. The summed E-state index contributed by atoms with van der Waals surface area (Å²) in [5.41, 5.74) is 1.08. The van der Waals surface area contributed by atoms with Gasteiger partial charge in [-0.3, -0.25) is 13.8 Å². The Bertz CT molecular complexity index is 678. The predicted molar refractivity (Wildman–Crippen MR) is 86.4 cm³/mol. The van der Waals surface area contributed by atoms with E-state index in [4.69, 9.17) is 14.3 Å². The van der Waals surface area contributed by atoms with Crippen molar-refractivity contribution in [3.8, 4) is 0 Å². The predicted octanol–water partition coefficient (Wildman–Crippen LogP) is 1.54. The number of benzene rings is 1. The van der Waals surface area contributed by atoms with Crippen LogP contribution in [0.2, 0.25) is 0 Å². The van der Waals surface area contributed by atoms with Gasteiger partial charge in [-0.05, 0) is 38.8 Å². The van der Waals surface area contributed by atoms with E-state index in [0.29, 0.717) is 11.5 Å². The number of hydrogen-bond donors (Lipinski definition) is 0. The first-order valence-corrected chi connectivity index (χ1v) is 9.48. The van der Waals surface area contributed by atoms with Crippen LogP contribution < -0.4 is 0 Å². The molecule has 0 N–H and O–H groups in total. The van der Waals surface area contributed by atoms with E-state index in [0.717, 1.165) is 24.9 Å². The maximum absolute atomic E-state index is 13.5. The number of rotatable bonds is 4. The Balaban J connectivity index is 1.79. The molecule has 0 aromatic heterocycles. The van der Waals surface area contributed by atoms with E-state index in [9.17, 15) is 9.00 Å². The molecule has 6 nitrogen and oxygen atoms in total. The monoisotopic (exact) mass is 351 g/mol. The third-order valence-corrected chi connectivity index (χ3v) is 7.02. The van der Waals surface area contributed by atoms with Crippen molar-refractivity contribution in [2.24, 2.45) is 0 Å². The first kappa shape index (κ1) is 16.2. The summed E-state index contributed by atoms with van der Waals surface area (Å²) in [6.45, 7) is 4.94. The van der Waals surface area contributed by atoms with Gasteiger partial charge in [0.05, 0.1) is 16.8 Å². The first-order valence-electron chi connectivity index (χ1n) is 8.33. The highest BCUT2D eigenvalue weighted by atomic mass is 32.2. The van der Waals surface area contributed by atoms with Crippen LogP contribution in [0.3, 0.4) is 0 Å². The highest BCUT2D eigenvalue weighted by Gasteiger charge is 2.73. The van der Waals surface area contributed by atoms with Crippen molar-refractivity contribution in [1.29, 1.82) is 0 Å². The number of esters is 1. The minimum Gasteiger partial charge on any atom is -0.431 e. The van der Waals surface area contributed by atoms with Crippen molar-refractivity contribution in [2.75, 3.05) is 13.2 Å². The third-order valence-electron chi connectivity index (χ3n) is 5.03. The van der Waals surface area contributed by atoms with Crippen LogP contribution in [0.4, 0.5) is 0 Å². The molecule has 0 amide bonds. The number of hydroxylamine groups is 2. The van der Waals surface area contributed by atoms with E-state index in [1.165, 1.54) is 0 Å². The number of nitrogens with zero attached hydrogens (tertiary/aromatic N) is 1. The van der Waals surface area contributed by atoms with Crippen molar-refractivity contribution in [3.63, 3.8) is 0 Å². The summed E-state index contributed by atoms with van der Waals surface area (Å²) in [6, 6.07) is 7.21. The zero-order valence-corrected chi connectivity index (χ0v) is 14.6. The van der Waals surface area contributed by atoms with Gasteiger partial charge in [-0.25, -0.2) is 0 Å². The second-order valence-electron chi connectivity index (χ2n) is 6.43. The molecule has 3 fully saturated rings. The minimum atomic E-state index is -1.58. The van der Waals surface area contributed by atoms with Gasteiger partial charge in [0.2, 0.25) is 6.29 Å². The van der Waals surface area contributed by atoms with Crippen LogP contribution in [0.1, 0.15) is 25.3 Å². The number of ether oxygens (including phenoxy) is 2. The molecule has 0 aliphatic carbocycles. The van der Waals surface area contributed by atoms with Crippen LogP contribution in [0.25, 0.3) is 0 Å². The average molecular weight is 351 g/mol. The molecule has 1 aromatic carbocycles. The lowest BCUT2D eigenvalue weighted by Crippen LogP contribution is -2.54. The molecule has 3 aliphatic heterocycles. The maximum Gasteiger partial charge on any atom is 0.332 e. The van der Waals surface area contributed by atoms with E-state index in [1.807, 2.05) is 43.2 Å². The van der Waals surface area contributed by atoms with Crippen molar-refractivity contribution >= 4 is 16.8 Å². The fourth-order valence-corrected chi connectivity index (χ4v) is 5.74. The van der Waals surface area contributed by atoms with Crippen molar-refractivity contribution in [1.82, 2.24) is 5.06 Å². The molecule has 7 heteroatoms. The summed E-state index contributed by atoms with van der Waals surface area (Å²) >= 11 is 0. The van der Waals surface area contributed by atoms with Crippen LogP contribution in [-0.2, 0) is 29.9 Å². The van der Waals surface area contributed by atoms with Gasteiger partial charge in [-0.2, -0.15) is 5.06 Å². The molecule has 0 bridgehead atoms. The number of carbonyl (C=O) groups excluding carboxylic acids is 1. The van der Waals surface area contributed by atoms with Crippen LogP contribution in [0.15, 0.2) is 29.2 Å². The standard InChI is InChI=1S/C17H21NO5S/c1-3-21-15-14-17(16(19)22-15,13-5-4-10-18(13)23-14)24(20)12-8-6-11(2)7-9-12/h6-9,13-15H,3-5,10H2,1-2H3/t13-,14+,15-,17-,24+/m1/s1. The van der Waals surface area contributed by atoms with E-state index >= 15 is 0 Å². The molecule has 4 rings (SSSR count). The molecule has 0 spiro atoms. The maximum atomic E-state index is 13.5. The lowest BCUT2D eigenvalue weighted by atomic mass is 9.94. The minimum absolute atomic E-state index is 0.234. The summed E-state index contributed by atoms with van der Waals surface area (Å²) in [4.78, 5) is 19.5. The van der Waals surface area contributed by atoms with Gasteiger partial charge < -0.3 is 9.47 Å². The number of aryl methyl sites for hydroxylation is 1. The zero-order valence-electron chi connectivity index (χ0n) is 13.8. The Morgan fingerprint density at radius 1 is 1.38 bits per heavy atom. The molecule has 130 valence electrons. The summed E-state index contributed by atoms with van der Waals surface area (Å²) in [7, 11) is -1.58. The third kappa shape index (κ3) is 2.12. The Morgan fingerprint density at radius 3 is 2.83 bits per heavy atom. The Hall–Kier alpha value is -1.28. The molecule has 3 aliphatic rings. The summed E-state index contributed by atoms with van der Waals surface area (Å²) < 4.78 is 23.3. The topological polar surface area (TPSA) is 65.1 Å². The van der Waals surface area contributed by atoms with Crippen LogP contribution >= 0.6 is 0 Å². The molecule has 3 heterocycles. The molecule has 24 heavy (non-hydrogen) atoms. The van der Waals surface area contributed by atoms with Crippen molar-refractivity contribution in [3.05, 3.63) is 29.8 Å². The van der Waals surface area contributed by atoms with Gasteiger partial charge in [0.15, 0.2) is 10.9 Å². The average Bonchev–Trinajstić information content (AvgIpc) is 3.20. The van der Waals surface area contributed by atoms with Gasteiger partial charge in [0.25, 0.3) is 0 Å². The van der Waals surface area contributed by atoms with E-state index in [2.05, 4.69) is 0 Å². The Kier molecular flexibility index (Phi) is 3.99. The van der Waals surface area contributed by atoms with E-state index in [-0.39, 0.29) is 6.04 Å². The lowest BCUT2D eigenvalue weighted by Gasteiger charge is -2.27. The van der Waals surface area contributed by atoms with Gasteiger partial charge in [0, 0.05) is 18.0 Å². The van der Waals surface area contributed by atoms with E-state index in [1.54, 1.807) is 0 Å². The number of hydrogen-bond acceptors (Lipinski definition) is 6. The highest BCUT2D eigenvalue weighted by molar-refractivity contribution is 7.87. The zero-order chi connectivity index (χ0) is 16.9. The fourth-order valence-electron chi connectivity index (χ4n) is 3.92. The van der Waals surface area contributed by atoms with Gasteiger partial charge in [-0.1, -0.05) is 17.7 Å². The molecular formula is C17H21NO5S. The molecule has 1 aromatic rings. The summed E-state index contributed by atoms with van der Waals surface area (Å²) in [5, 5.41) is 1.81. The number of cyclic esters (lactones) is 1. The lowest BCUT2D eigenvalue weighted by molar-refractivity contribution is -0.226. The van der Waals surface area contributed by atoms with Crippen molar-refractivity contribution in [2.45, 2.75) is 54.8 Å². The molecular weight excluding hydrogens is 330 g/mol. The fraction of sp³-hybridized carbons (Fsp3) is 0.588. The van der Waals surface area contributed by atoms with Crippen LogP contribution in [-0.4, -0.2) is 51.6 Å². The highest BCUT2D eigenvalue weighted by Crippen LogP contribution is 2.50. The smallest absolute Gasteiger partial charge is 0.332 e. The molecule has 0 radical (unpaired) electrons.